The molecule has 4 rings (SSSR count). The number of nitrogens with zero attached hydrogens (tertiary/aromatic N) is 2. The molecule has 1 aliphatic rings. The lowest BCUT2D eigenvalue weighted by Crippen LogP contribution is -2.37. The first-order valence-corrected chi connectivity index (χ1v) is 10.4. The third kappa shape index (κ3) is 4.06. The maximum absolute atomic E-state index is 6.39. The van der Waals surface area contributed by atoms with Crippen molar-refractivity contribution in [3.8, 4) is 0 Å². The van der Waals surface area contributed by atoms with Crippen LogP contribution in [0.25, 0.3) is 10.9 Å². The van der Waals surface area contributed by atoms with E-state index in [0.717, 1.165) is 36.8 Å². The van der Waals surface area contributed by atoms with E-state index in [1.54, 1.807) is 0 Å². The van der Waals surface area contributed by atoms with Crippen molar-refractivity contribution in [2.24, 2.45) is 0 Å². The molecule has 0 bridgehead atoms. The Morgan fingerprint density at radius 1 is 1.07 bits per heavy atom. The van der Waals surface area contributed by atoms with Crippen molar-refractivity contribution in [1.82, 2.24) is 14.8 Å². The molecule has 0 aliphatic carbocycles. The number of halogens is 1. The molecule has 1 N–H and O–H groups in total. The molecule has 27 heavy (non-hydrogen) atoms. The van der Waals surface area contributed by atoms with Crippen LogP contribution in [0.3, 0.4) is 0 Å². The molecule has 0 radical (unpaired) electrons. The van der Waals surface area contributed by atoms with Crippen LogP contribution in [0.1, 0.15) is 30.9 Å². The number of likely N-dealkylation sites (tertiary alicyclic amines) is 1. The first-order chi connectivity index (χ1) is 13.3. The van der Waals surface area contributed by atoms with E-state index in [9.17, 15) is 0 Å². The highest BCUT2D eigenvalue weighted by Gasteiger charge is 2.22. The summed E-state index contributed by atoms with van der Waals surface area (Å²) in [4.78, 5) is 2.59. The zero-order valence-corrected chi connectivity index (χ0v) is 16.8. The molecule has 2 aromatic carbocycles. The van der Waals surface area contributed by atoms with Gasteiger partial charge in [0.15, 0.2) is 0 Å². The Hall–Kier alpha value is -1.81. The molecule has 1 aromatic heterocycles. The van der Waals surface area contributed by atoms with Gasteiger partial charge in [-0.15, -0.1) is 0 Å². The molecule has 1 aliphatic heterocycles. The summed E-state index contributed by atoms with van der Waals surface area (Å²) in [5, 5.41) is 5.87. The zero-order chi connectivity index (χ0) is 18.6. The van der Waals surface area contributed by atoms with Crippen LogP contribution < -0.4 is 5.32 Å². The number of hydrogen-bond acceptors (Lipinski definition) is 2. The number of aromatic nitrogens is 1. The van der Waals surface area contributed by atoms with Crippen LogP contribution in [0, 0.1) is 0 Å². The molecule has 0 spiro atoms. The van der Waals surface area contributed by atoms with Gasteiger partial charge in [-0.05, 0) is 49.2 Å². The minimum Gasteiger partial charge on any atom is -0.343 e. The second kappa shape index (κ2) is 8.47. The molecular formula is C23H28ClN3. The van der Waals surface area contributed by atoms with Gasteiger partial charge in [0.05, 0.1) is 0 Å². The minimum atomic E-state index is 0.687. The standard InChI is InChI=1S/C23H28ClN3/c1-2-26-13-7-9-20(26)15-25-14-19-17-27(23-12-6-4-10-21(19)23)16-18-8-3-5-11-22(18)24/h3-6,8,10-12,17,20,25H,2,7,9,13-16H2,1H3/t20-/m1/s1. The van der Waals surface area contributed by atoms with Gasteiger partial charge in [-0.3, -0.25) is 4.90 Å². The number of para-hydroxylation sites is 1. The van der Waals surface area contributed by atoms with E-state index in [1.165, 1.54) is 35.9 Å². The molecule has 1 fully saturated rings. The van der Waals surface area contributed by atoms with Gasteiger partial charge < -0.3 is 9.88 Å². The summed E-state index contributed by atoms with van der Waals surface area (Å²) < 4.78 is 2.32. The van der Waals surface area contributed by atoms with Crippen molar-refractivity contribution in [3.05, 3.63) is 70.9 Å². The van der Waals surface area contributed by atoms with Crippen LogP contribution in [0.5, 0.6) is 0 Å². The van der Waals surface area contributed by atoms with Crippen molar-refractivity contribution in [2.75, 3.05) is 19.6 Å². The molecule has 2 heterocycles. The number of rotatable bonds is 7. The van der Waals surface area contributed by atoms with Gasteiger partial charge in [0.25, 0.3) is 0 Å². The van der Waals surface area contributed by atoms with E-state index in [-0.39, 0.29) is 0 Å². The SMILES string of the molecule is CCN1CCC[C@@H]1CNCc1cn(Cc2ccccc2Cl)c2ccccc12. The molecule has 1 atom stereocenters. The molecule has 3 aromatic rings. The van der Waals surface area contributed by atoms with Crippen LogP contribution in [-0.2, 0) is 13.1 Å². The van der Waals surface area contributed by atoms with E-state index in [2.05, 4.69) is 64.3 Å². The number of likely N-dealkylation sites (N-methyl/N-ethyl adjacent to an activating group) is 1. The van der Waals surface area contributed by atoms with Crippen molar-refractivity contribution in [1.29, 1.82) is 0 Å². The molecule has 1 saturated heterocycles. The van der Waals surface area contributed by atoms with Gasteiger partial charge >= 0.3 is 0 Å². The molecule has 4 heteroatoms. The van der Waals surface area contributed by atoms with Crippen LogP contribution >= 0.6 is 11.6 Å². The lowest BCUT2D eigenvalue weighted by atomic mass is 10.1. The van der Waals surface area contributed by atoms with Crippen LogP contribution in [0.2, 0.25) is 5.02 Å². The van der Waals surface area contributed by atoms with Crippen LogP contribution in [0.4, 0.5) is 0 Å². The lowest BCUT2D eigenvalue weighted by Gasteiger charge is -2.22. The van der Waals surface area contributed by atoms with E-state index in [0.29, 0.717) is 6.04 Å². The van der Waals surface area contributed by atoms with E-state index < -0.39 is 0 Å². The zero-order valence-electron chi connectivity index (χ0n) is 16.0. The Bertz CT molecular complexity index is 902. The second-order valence-corrected chi connectivity index (χ2v) is 7.85. The maximum atomic E-state index is 6.39. The predicted molar refractivity (Wildman–Crippen MR) is 114 cm³/mol. The summed E-state index contributed by atoms with van der Waals surface area (Å²) in [5.41, 5.74) is 3.79. The number of fused-ring (bicyclic) bond motifs is 1. The monoisotopic (exact) mass is 381 g/mol. The number of nitrogens with one attached hydrogen (secondary N) is 1. The molecular weight excluding hydrogens is 354 g/mol. The smallest absolute Gasteiger partial charge is 0.0491 e. The van der Waals surface area contributed by atoms with E-state index in [4.69, 9.17) is 11.6 Å². The Balaban J connectivity index is 1.51. The Kier molecular flexibility index (Phi) is 5.82. The highest BCUT2D eigenvalue weighted by Crippen LogP contribution is 2.24. The fourth-order valence-corrected chi connectivity index (χ4v) is 4.52. The third-order valence-electron chi connectivity index (χ3n) is 5.77. The summed E-state index contributed by atoms with van der Waals surface area (Å²) in [6.45, 7) is 7.44. The molecule has 3 nitrogen and oxygen atoms in total. The fraction of sp³-hybridized carbons (Fsp3) is 0.391. The van der Waals surface area contributed by atoms with Gasteiger partial charge in [0.2, 0.25) is 0 Å². The summed E-state index contributed by atoms with van der Waals surface area (Å²) in [7, 11) is 0. The summed E-state index contributed by atoms with van der Waals surface area (Å²) >= 11 is 6.39. The average Bonchev–Trinajstić information content (AvgIpc) is 3.29. The largest absolute Gasteiger partial charge is 0.343 e. The fourth-order valence-electron chi connectivity index (χ4n) is 4.32. The van der Waals surface area contributed by atoms with Crippen molar-refractivity contribution >= 4 is 22.5 Å². The molecule has 0 amide bonds. The van der Waals surface area contributed by atoms with Crippen molar-refractivity contribution in [3.63, 3.8) is 0 Å². The maximum Gasteiger partial charge on any atom is 0.0491 e. The highest BCUT2D eigenvalue weighted by atomic mass is 35.5. The second-order valence-electron chi connectivity index (χ2n) is 7.45. The summed E-state index contributed by atoms with van der Waals surface area (Å²) in [6, 6.07) is 17.5. The third-order valence-corrected chi connectivity index (χ3v) is 6.14. The minimum absolute atomic E-state index is 0.687. The summed E-state index contributed by atoms with van der Waals surface area (Å²) in [5.74, 6) is 0. The van der Waals surface area contributed by atoms with Crippen molar-refractivity contribution < 1.29 is 0 Å². The quantitative estimate of drug-likeness (QED) is 0.627. The van der Waals surface area contributed by atoms with Crippen molar-refractivity contribution in [2.45, 2.75) is 38.9 Å². The topological polar surface area (TPSA) is 20.2 Å². The van der Waals surface area contributed by atoms with Gasteiger partial charge in [0.1, 0.15) is 0 Å². The lowest BCUT2D eigenvalue weighted by molar-refractivity contribution is 0.260. The van der Waals surface area contributed by atoms with E-state index >= 15 is 0 Å². The number of benzene rings is 2. The summed E-state index contributed by atoms with van der Waals surface area (Å²) in [6.07, 6.45) is 4.93. The van der Waals surface area contributed by atoms with Gasteiger partial charge in [-0.25, -0.2) is 0 Å². The number of hydrogen-bond donors (Lipinski definition) is 1. The van der Waals surface area contributed by atoms with Crippen LogP contribution in [-0.4, -0.2) is 35.1 Å². The first kappa shape index (κ1) is 18.5. The molecule has 0 unspecified atom stereocenters. The van der Waals surface area contributed by atoms with Gasteiger partial charge in [-0.1, -0.05) is 54.9 Å². The Labute approximate surface area is 166 Å². The average molecular weight is 382 g/mol. The molecule has 0 saturated carbocycles. The van der Waals surface area contributed by atoms with Gasteiger partial charge in [0, 0.05) is 47.8 Å². The van der Waals surface area contributed by atoms with Crippen LogP contribution in [0.15, 0.2) is 54.7 Å². The Morgan fingerprint density at radius 3 is 2.74 bits per heavy atom. The Morgan fingerprint density at radius 2 is 1.89 bits per heavy atom. The van der Waals surface area contributed by atoms with Gasteiger partial charge in [-0.2, -0.15) is 0 Å². The highest BCUT2D eigenvalue weighted by molar-refractivity contribution is 6.31. The molecule has 142 valence electrons. The predicted octanol–water partition coefficient (Wildman–Crippen LogP) is 4.92. The first-order valence-electron chi connectivity index (χ1n) is 10.0. The normalized spacial score (nSPS) is 17.8. The van der Waals surface area contributed by atoms with E-state index in [1.807, 2.05) is 12.1 Å².